The normalized spacial score (nSPS) is 30.1. The molecule has 2 aliphatic carbocycles. The number of rotatable bonds is 6. The summed E-state index contributed by atoms with van der Waals surface area (Å²) in [5.41, 5.74) is 7.20. The minimum absolute atomic E-state index is 0.0382. The van der Waals surface area contributed by atoms with Crippen molar-refractivity contribution in [3.05, 3.63) is 57.9 Å². The van der Waals surface area contributed by atoms with Crippen molar-refractivity contribution >= 4 is 0 Å². The van der Waals surface area contributed by atoms with Crippen LogP contribution in [0.4, 0.5) is 4.39 Å². The van der Waals surface area contributed by atoms with E-state index in [2.05, 4.69) is 6.92 Å². The molecular formula is C25H33FO3. The van der Waals surface area contributed by atoms with Crippen LogP contribution < -0.4 is 0 Å². The number of fused-ring (bicyclic) bond motifs is 1. The van der Waals surface area contributed by atoms with Gasteiger partial charge in [0.05, 0.1) is 24.9 Å². The van der Waals surface area contributed by atoms with E-state index in [-0.39, 0.29) is 30.5 Å². The highest BCUT2D eigenvalue weighted by molar-refractivity contribution is 5.48. The van der Waals surface area contributed by atoms with Gasteiger partial charge in [0, 0.05) is 18.8 Å². The number of ether oxygens (including phenoxy) is 1. The average Bonchev–Trinajstić information content (AvgIpc) is 3.21. The van der Waals surface area contributed by atoms with Gasteiger partial charge in [-0.05, 0) is 67.4 Å². The van der Waals surface area contributed by atoms with Gasteiger partial charge in [-0.15, -0.1) is 0 Å². The standard InChI is InChI=1S/C25H33FO3/c1-2-4-22-23-6-3-5-21(23)17(11-16-7-9-18(26)10-8-16)12-24(22)25-14-19(28)13-20(15-27)29-25/h7-10,19-20,24-25,27-28H,2-6,11-15H2,1H3/t19-,20-,24?,25+/m0/s1. The molecule has 4 atom stereocenters. The van der Waals surface area contributed by atoms with Gasteiger partial charge in [-0.3, -0.25) is 0 Å². The fraction of sp³-hybridized carbons (Fsp3) is 0.600. The van der Waals surface area contributed by atoms with Crippen LogP contribution in [0.2, 0.25) is 0 Å². The molecule has 4 heteroatoms. The molecular weight excluding hydrogens is 367 g/mol. The third-order valence-electron chi connectivity index (χ3n) is 6.86. The Kier molecular flexibility index (Phi) is 6.53. The number of hydrogen-bond acceptors (Lipinski definition) is 3. The van der Waals surface area contributed by atoms with Gasteiger partial charge < -0.3 is 14.9 Å². The van der Waals surface area contributed by atoms with Crippen molar-refractivity contribution in [2.24, 2.45) is 5.92 Å². The molecule has 2 N–H and O–H groups in total. The number of aliphatic hydroxyl groups excluding tert-OH is 2. The highest BCUT2D eigenvalue weighted by Gasteiger charge is 2.39. The first-order chi connectivity index (χ1) is 14.1. The molecule has 1 saturated heterocycles. The number of halogens is 1. The summed E-state index contributed by atoms with van der Waals surface area (Å²) in [5.74, 6) is 0.0745. The van der Waals surface area contributed by atoms with Crippen LogP contribution in [-0.2, 0) is 11.2 Å². The summed E-state index contributed by atoms with van der Waals surface area (Å²) >= 11 is 0. The van der Waals surface area contributed by atoms with Crippen LogP contribution in [0.3, 0.4) is 0 Å². The number of benzene rings is 1. The second-order valence-electron chi connectivity index (χ2n) is 8.91. The van der Waals surface area contributed by atoms with Gasteiger partial charge in [0.15, 0.2) is 0 Å². The lowest BCUT2D eigenvalue weighted by Crippen LogP contribution is -2.42. The number of allylic oxidation sites excluding steroid dienone is 3. The minimum Gasteiger partial charge on any atom is -0.394 e. The minimum atomic E-state index is -0.409. The van der Waals surface area contributed by atoms with Crippen LogP contribution in [0.25, 0.3) is 0 Å². The third-order valence-corrected chi connectivity index (χ3v) is 6.86. The Balaban J connectivity index is 1.65. The van der Waals surface area contributed by atoms with E-state index >= 15 is 0 Å². The first-order valence-corrected chi connectivity index (χ1v) is 11.2. The SMILES string of the molecule is CCCC1=C2CCCC2=C(Cc2ccc(F)cc2)CC1[C@H]1C[C@@H](O)C[C@@H](CO)O1. The van der Waals surface area contributed by atoms with Crippen LogP contribution >= 0.6 is 0 Å². The second-order valence-corrected chi connectivity index (χ2v) is 8.91. The second kappa shape index (κ2) is 9.11. The van der Waals surface area contributed by atoms with E-state index < -0.39 is 6.10 Å². The molecule has 1 aromatic rings. The first-order valence-electron chi connectivity index (χ1n) is 11.2. The molecule has 1 aliphatic heterocycles. The smallest absolute Gasteiger partial charge is 0.123 e. The van der Waals surface area contributed by atoms with E-state index in [1.165, 1.54) is 28.7 Å². The maximum absolute atomic E-state index is 13.3. The van der Waals surface area contributed by atoms with E-state index in [1.807, 2.05) is 12.1 Å². The van der Waals surface area contributed by atoms with Gasteiger partial charge in [0.2, 0.25) is 0 Å². The first kappa shape index (κ1) is 20.8. The summed E-state index contributed by atoms with van der Waals surface area (Å²) in [6.45, 7) is 2.19. The Morgan fingerprint density at radius 3 is 2.59 bits per heavy atom. The molecule has 0 spiro atoms. The maximum Gasteiger partial charge on any atom is 0.123 e. The summed E-state index contributed by atoms with van der Waals surface area (Å²) in [5, 5.41) is 20.0. The van der Waals surface area contributed by atoms with Crippen LogP contribution in [-0.4, -0.2) is 35.1 Å². The Morgan fingerprint density at radius 1 is 1.10 bits per heavy atom. The predicted molar refractivity (Wildman–Crippen MR) is 112 cm³/mol. The molecule has 1 saturated carbocycles. The molecule has 0 amide bonds. The van der Waals surface area contributed by atoms with Gasteiger partial charge in [0.25, 0.3) is 0 Å². The molecule has 0 aromatic heterocycles. The van der Waals surface area contributed by atoms with Crippen molar-refractivity contribution in [3.8, 4) is 0 Å². The molecule has 3 nitrogen and oxygen atoms in total. The summed E-state index contributed by atoms with van der Waals surface area (Å²) in [7, 11) is 0. The highest BCUT2D eigenvalue weighted by Crippen LogP contribution is 2.48. The number of aliphatic hydroxyl groups is 2. The lowest BCUT2D eigenvalue weighted by Gasteiger charge is -2.41. The molecule has 2 fully saturated rings. The quantitative estimate of drug-likeness (QED) is 0.717. The Bertz CT molecular complexity index is 780. The lowest BCUT2D eigenvalue weighted by atomic mass is 9.72. The Labute approximate surface area is 173 Å². The maximum atomic E-state index is 13.3. The van der Waals surface area contributed by atoms with Gasteiger partial charge in [-0.25, -0.2) is 4.39 Å². The largest absolute Gasteiger partial charge is 0.394 e. The van der Waals surface area contributed by atoms with E-state index in [9.17, 15) is 14.6 Å². The van der Waals surface area contributed by atoms with Crippen molar-refractivity contribution in [1.82, 2.24) is 0 Å². The lowest BCUT2D eigenvalue weighted by molar-refractivity contribution is -0.126. The van der Waals surface area contributed by atoms with Crippen molar-refractivity contribution in [3.63, 3.8) is 0 Å². The van der Waals surface area contributed by atoms with Gasteiger partial charge in [-0.1, -0.05) is 36.6 Å². The van der Waals surface area contributed by atoms with Crippen molar-refractivity contribution in [2.75, 3.05) is 6.61 Å². The average molecular weight is 401 g/mol. The summed E-state index contributed by atoms with van der Waals surface area (Å²) in [6, 6.07) is 6.86. The fourth-order valence-electron chi connectivity index (χ4n) is 5.62. The van der Waals surface area contributed by atoms with Crippen LogP contribution in [0, 0.1) is 11.7 Å². The molecule has 1 unspecified atom stereocenters. The summed E-state index contributed by atoms with van der Waals surface area (Å²) in [6.07, 6.45) is 7.88. The highest BCUT2D eigenvalue weighted by atomic mass is 19.1. The fourth-order valence-corrected chi connectivity index (χ4v) is 5.62. The van der Waals surface area contributed by atoms with Gasteiger partial charge in [-0.2, -0.15) is 0 Å². The molecule has 3 aliphatic rings. The Morgan fingerprint density at radius 2 is 1.86 bits per heavy atom. The zero-order valence-electron chi connectivity index (χ0n) is 17.4. The molecule has 0 radical (unpaired) electrons. The Hall–Kier alpha value is -1.49. The van der Waals surface area contributed by atoms with Crippen molar-refractivity contribution in [1.29, 1.82) is 0 Å². The molecule has 1 heterocycles. The summed E-state index contributed by atoms with van der Waals surface area (Å²) < 4.78 is 19.6. The van der Waals surface area contributed by atoms with E-state index in [0.29, 0.717) is 12.8 Å². The molecule has 29 heavy (non-hydrogen) atoms. The predicted octanol–water partition coefficient (Wildman–Crippen LogP) is 4.87. The van der Waals surface area contributed by atoms with Gasteiger partial charge >= 0.3 is 0 Å². The summed E-state index contributed by atoms with van der Waals surface area (Å²) in [4.78, 5) is 0. The molecule has 158 valence electrons. The van der Waals surface area contributed by atoms with E-state index in [0.717, 1.165) is 44.1 Å². The van der Waals surface area contributed by atoms with Crippen LogP contribution in [0.5, 0.6) is 0 Å². The van der Waals surface area contributed by atoms with Crippen LogP contribution in [0.1, 0.15) is 63.9 Å². The van der Waals surface area contributed by atoms with Crippen LogP contribution in [0.15, 0.2) is 46.6 Å². The monoisotopic (exact) mass is 400 g/mol. The van der Waals surface area contributed by atoms with Gasteiger partial charge in [0.1, 0.15) is 5.82 Å². The third kappa shape index (κ3) is 4.50. The molecule has 0 bridgehead atoms. The molecule has 4 rings (SSSR count). The van der Waals surface area contributed by atoms with E-state index in [1.54, 1.807) is 12.1 Å². The zero-order chi connectivity index (χ0) is 20.4. The van der Waals surface area contributed by atoms with Crippen molar-refractivity contribution in [2.45, 2.75) is 83.0 Å². The number of hydrogen-bond donors (Lipinski definition) is 2. The van der Waals surface area contributed by atoms with Crippen molar-refractivity contribution < 1.29 is 19.3 Å². The van der Waals surface area contributed by atoms with E-state index in [4.69, 9.17) is 4.74 Å². The molecule has 1 aromatic carbocycles. The topological polar surface area (TPSA) is 49.7 Å². The zero-order valence-corrected chi connectivity index (χ0v) is 17.4.